The Morgan fingerprint density at radius 1 is 1.30 bits per heavy atom. The number of anilines is 1. The van der Waals surface area contributed by atoms with Gasteiger partial charge in [-0.1, -0.05) is 17.7 Å². The van der Waals surface area contributed by atoms with Gasteiger partial charge in [0.05, 0.1) is 23.6 Å². The van der Waals surface area contributed by atoms with Gasteiger partial charge in [-0.25, -0.2) is 0 Å². The van der Waals surface area contributed by atoms with Crippen molar-refractivity contribution in [1.82, 2.24) is 15.1 Å². The quantitative estimate of drug-likeness (QED) is 0.484. The summed E-state index contributed by atoms with van der Waals surface area (Å²) in [5.74, 6) is 3.21. The van der Waals surface area contributed by atoms with E-state index in [1.54, 1.807) is 30.2 Å². The molecule has 0 radical (unpaired) electrons. The molecule has 0 unspecified atom stereocenters. The van der Waals surface area contributed by atoms with Crippen LogP contribution in [-0.2, 0) is 10.5 Å². The van der Waals surface area contributed by atoms with Crippen LogP contribution < -0.4 is 15.8 Å². The number of aryl methyl sites for hydroxylation is 1. The molecule has 9 heteroatoms. The lowest BCUT2D eigenvalue weighted by molar-refractivity contribution is -0.125. The molecule has 3 aromatic rings. The first-order valence-electron chi connectivity index (χ1n) is 11.0. The van der Waals surface area contributed by atoms with E-state index in [1.807, 2.05) is 31.2 Å². The van der Waals surface area contributed by atoms with Gasteiger partial charge in [0.15, 0.2) is 0 Å². The first-order chi connectivity index (χ1) is 16.0. The number of halogens is 1. The van der Waals surface area contributed by atoms with Gasteiger partial charge in [0.2, 0.25) is 5.91 Å². The summed E-state index contributed by atoms with van der Waals surface area (Å²) < 4.78 is 6.68. The van der Waals surface area contributed by atoms with E-state index >= 15 is 0 Å². The smallest absolute Gasteiger partial charge is 0.271 e. The molecule has 0 saturated carbocycles. The number of furan rings is 1. The number of nitrogens with one attached hydrogen (secondary N) is 1. The molecule has 1 amide bonds. The van der Waals surface area contributed by atoms with Crippen LogP contribution in [0.4, 0.5) is 5.82 Å². The highest BCUT2D eigenvalue weighted by atomic mass is 35.5. The van der Waals surface area contributed by atoms with Crippen molar-refractivity contribution in [1.29, 1.82) is 0 Å². The minimum absolute atomic E-state index is 0.0666. The average Bonchev–Trinajstić information content (AvgIpc) is 3.34. The number of carbonyl (C=O) groups is 1. The number of carbonyl (C=O) groups excluding carboxylic acids is 1. The molecule has 4 rings (SSSR count). The zero-order chi connectivity index (χ0) is 23.2. The van der Waals surface area contributed by atoms with E-state index in [0.29, 0.717) is 29.6 Å². The molecule has 1 aliphatic rings. The molecule has 1 aromatic carbocycles. The van der Waals surface area contributed by atoms with Crippen LogP contribution in [0, 0.1) is 12.8 Å². The molecule has 1 aliphatic heterocycles. The molecule has 0 bridgehead atoms. The molecule has 2 aromatic heterocycles. The van der Waals surface area contributed by atoms with Crippen molar-refractivity contribution in [2.45, 2.75) is 25.5 Å². The van der Waals surface area contributed by atoms with Gasteiger partial charge in [0.25, 0.3) is 5.56 Å². The van der Waals surface area contributed by atoms with E-state index in [1.165, 1.54) is 10.7 Å². The Hall–Kier alpha value is -2.71. The van der Waals surface area contributed by atoms with Crippen LogP contribution in [0.15, 0.2) is 57.9 Å². The van der Waals surface area contributed by atoms with Crippen molar-refractivity contribution in [3.8, 4) is 5.69 Å². The minimum Gasteiger partial charge on any atom is -0.468 e. The Kier molecular flexibility index (Phi) is 7.77. The van der Waals surface area contributed by atoms with Crippen molar-refractivity contribution in [3.05, 3.63) is 75.4 Å². The lowest BCUT2D eigenvalue weighted by atomic mass is 9.97. The highest BCUT2D eigenvalue weighted by Crippen LogP contribution is 2.23. The summed E-state index contributed by atoms with van der Waals surface area (Å²) in [6.07, 6.45) is 3.40. The number of aromatic nitrogens is 2. The molecular weight excluding hydrogens is 460 g/mol. The molecule has 7 nitrogen and oxygen atoms in total. The number of piperidine rings is 1. The summed E-state index contributed by atoms with van der Waals surface area (Å²) in [6.45, 7) is 3.90. The van der Waals surface area contributed by atoms with E-state index in [4.69, 9.17) is 16.0 Å². The van der Waals surface area contributed by atoms with Gasteiger partial charge < -0.3 is 14.6 Å². The minimum atomic E-state index is -0.225. The summed E-state index contributed by atoms with van der Waals surface area (Å²) in [6, 6.07) is 12.5. The molecular formula is C24H27ClN4O3S. The SMILES string of the molecule is Cc1ccc(-n2nc(N3CCC[C@@H](C(=O)NCCSCc4ccco4)C3)ccc2=O)cc1Cl. The lowest BCUT2D eigenvalue weighted by Gasteiger charge is -2.33. The fourth-order valence-electron chi connectivity index (χ4n) is 3.83. The third kappa shape index (κ3) is 6.00. The molecule has 33 heavy (non-hydrogen) atoms. The van der Waals surface area contributed by atoms with Crippen molar-refractivity contribution < 1.29 is 9.21 Å². The van der Waals surface area contributed by atoms with Crippen LogP contribution in [-0.4, -0.2) is 41.1 Å². The van der Waals surface area contributed by atoms with Crippen LogP contribution in [0.5, 0.6) is 0 Å². The molecule has 0 aliphatic carbocycles. The number of hydrogen-bond donors (Lipinski definition) is 1. The Labute approximate surface area is 202 Å². The van der Waals surface area contributed by atoms with Crippen LogP contribution >= 0.6 is 23.4 Å². The van der Waals surface area contributed by atoms with Crippen LogP contribution in [0.25, 0.3) is 5.69 Å². The maximum absolute atomic E-state index is 12.7. The van der Waals surface area contributed by atoms with E-state index < -0.39 is 0 Å². The monoisotopic (exact) mass is 486 g/mol. The van der Waals surface area contributed by atoms with Gasteiger partial charge in [0, 0.05) is 36.5 Å². The first kappa shape index (κ1) is 23.4. The second-order valence-electron chi connectivity index (χ2n) is 8.08. The predicted octanol–water partition coefficient (Wildman–Crippen LogP) is 4.05. The molecule has 1 fully saturated rings. The highest BCUT2D eigenvalue weighted by molar-refractivity contribution is 7.98. The van der Waals surface area contributed by atoms with E-state index in [-0.39, 0.29) is 17.4 Å². The molecule has 0 spiro atoms. The fourth-order valence-corrected chi connectivity index (χ4v) is 4.76. The zero-order valence-electron chi connectivity index (χ0n) is 18.5. The molecule has 3 heterocycles. The van der Waals surface area contributed by atoms with Gasteiger partial charge in [-0.2, -0.15) is 16.4 Å². The number of rotatable bonds is 8. The van der Waals surface area contributed by atoms with Crippen molar-refractivity contribution in [3.63, 3.8) is 0 Å². The summed E-state index contributed by atoms with van der Waals surface area (Å²) in [7, 11) is 0. The number of thioether (sulfide) groups is 1. The molecule has 174 valence electrons. The topological polar surface area (TPSA) is 80.4 Å². The second-order valence-corrected chi connectivity index (χ2v) is 9.60. The summed E-state index contributed by atoms with van der Waals surface area (Å²) in [4.78, 5) is 27.2. The molecule has 1 N–H and O–H groups in total. The van der Waals surface area contributed by atoms with Gasteiger partial charge >= 0.3 is 0 Å². The predicted molar refractivity (Wildman–Crippen MR) is 132 cm³/mol. The van der Waals surface area contributed by atoms with Gasteiger partial charge in [0.1, 0.15) is 11.6 Å². The van der Waals surface area contributed by atoms with Crippen molar-refractivity contribution >= 4 is 35.1 Å². The number of nitrogens with zero attached hydrogens (tertiary/aromatic N) is 3. The summed E-state index contributed by atoms with van der Waals surface area (Å²) in [5, 5.41) is 8.21. The number of amides is 1. The van der Waals surface area contributed by atoms with Gasteiger partial charge in [-0.05, 0) is 55.7 Å². The van der Waals surface area contributed by atoms with E-state index in [2.05, 4.69) is 15.3 Å². The van der Waals surface area contributed by atoms with Crippen LogP contribution in [0.2, 0.25) is 5.02 Å². The Bertz CT molecular complexity index is 1150. The number of benzene rings is 1. The van der Waals surface area contributed by atoms with Crippen LogP contribution in [0.1, 0.15) is 24.2 Å². The maximum Gasteiger partial charge on any atom is 0.271 e. The van der Waals surface area contributed by atoms with Crippen LogP contribution in [0.3, 0.4) is 0 Å². The van der Waals surface area contributed by atoms with Crippen molar-refractivity contribution in [2.24, 2.45) is 5.92 Å². The maximum atomic E-state index is 12.7. The van der Waals surface area contributed by atoms with Crippen molar-refractivity contribution in [2.75, 3.05) is 30.3 Å². The first-order valence-corrected chi connectivity index (χ1v) is 12.5. The number of hydrogen-bond acceptors (Lipinski definition) is 6. The fraction of sp³-hybridized carbons (Fsp3) is 0.375. The molecule has 1 saturated heterocycles. The Morgan fingerprint density at radius 2 is 2.18 bits per heavy atom. The third-order valence-corrected chi connectivity index (χ3v) is 7.06. The highest BCUT2D eigenvalue weighted by Gasteiger charge is 2.26. The van der Waals surface area contributed by atoms with Gasteiger partial charge in [-0.3, -0.25) is 9.59 Å². The largest absolute Gasteiger partial charge is 0.468 e. The Balaban J connectivity index is 1.35. The third-order valence-electron chi connectivity index (χ3n) is 5.67. The second kappa shape index (κ2) is 10.9. The summed E-state index contributed by atoms with van der Waals surface area (Å²) >= 11 is 7.97. The normalized spacial score (nSPS) is 16.1. The van der Waals surface area contributed by atoms with E-state index in [0.717, 1.165) is 42.2 Å². The summed E-state index contributed by atoms with van der Waals surface area (Å²) in [5.41, 5.74) is 1.33. The standard InChI is InChI=1S/C24H27ClN4O3S/c1-17-6-7-19(14-21(17)25)29-23(30)9-8-22(27-29)28-11-2-4-18(15-28)24(31)26-10-13-33-16-20-5-3-12-32-20/h3,5-9,12,14,18H,2,4,10-11,13,15-16H2,1H3,(H,26,31)/t18-/m1/s1. The lowest BCUT2D eigenvalue weighted by Crippen LogP contribution is -2.44. The van der Waals surface area contributed by atoms with Gasteiger partial charge in [-0.15, -0.1) is 5.10 Å². The van der Waals surface area contributed by atoms with E-state index in [9.17, 15) is 9.59 Å². The average molecular weight is 487 g/mol. The molecule has 1 atom stereocenters. The zero-order valence-corrected chi connectivity index (χ0v) is 20.1. The Morgan fingerprint density at radius 3 is 2.97 bits per heavy atom.